The zero-order chi connectivity index (χ0) is 19.0. The molecule has 2 atom stereocenters. The van der Waals surface area contributed by atoms with Crippen molar-refractivity contribution < 1.29 is 22.3 Å². The summed E-state index contributed by atoms with van der Waals surface area (Å²) in [6.07, 6.45) is 3.40. The first kappa shape index (κ1) is 20.9. The van der Waals surface area contributed by atoms with Crippen LogP contribution in [-0.4, -0.2) is 55.8 Å². The summed E-state index contributed by atoms with van der Waals surface area (Å²) in [4.78, 5) is 19.4. The number of piperidine rings is 1. The highest BCUT2D eigenvalue weighted by Gasteiger charge is 2.27. The lowest BCUT2D eigenvalue weighted by Crippen LogP contribution is -2.51. The topological polar surface area (TPSA) is 154 Å². The van der Waals surface area contributed by atoms with Crippen molar-refractivity contribution in [2.24, 2.45) is 15.8 Å². The van der Waals surface area contributed by atoms with Crippen LogP contribution in [0.2, 0.25) is 0 Å². The van der Waals surface area contributed by atoms with Crippen LogP contribution < -0.4 is 16.4 Å². The van der Waals surface area contributed by atoms with Gasteiger partial charge in [-0.05, 0) is 20.3 Å². The van der Waals surface area contributed by atoms with E-state index in [1.807, 2.05) is 18.7 Å². The molecule has 1 aromatic rings. The van der Waals surface area contributed by atoms with E-state index in [1.165, 1.54) is 12.4 Å². The van der Waals surface area contributed by atoms with Gasteiger partial charge in [0.25, 0.3) is 0 Å². The van der Waals surface area contributed by atoms with E-state index in [2.05, 4.69) is 20.1 Å². The molecule has 2 amide bonds. The first-order valence-electron chi connectivity index (χ1n) is 7.41. The number of nitrogens with two attached hydrogens (primary N) is 2. The van der Waals surface area contributed by atoms with Crippen molar-refractivity contribution in [2.75, 3.05) is 18.0 Å². The highest BCUT2D eigenvalue weighted by molar-refractivity contribution is 7.62. The van der Waals surface area contributed by atoms with Gasteiger partial charge in [0, 0.05) is 19.1 Å². The zero-order valence-corrected chi connectivity index (χ0v) is 14.7. The van der Waals surface area contributed by atoms with Crippen molar-refractivity contribution in [3.05, 3.63) is 18.2 Å². The highest BCUT2D eigenvalue weighted by atomic mass is 32.2. The number of rotatable bonds is 3. The molecule has 1 saturated heterocycles. The van der Waals surface area contributed by atoms with Crippen molar-refractivity contribution in [1.82, 2.24) is 9.97 Å². The fraction of sp³-hybridized carbons (Fsp3) is 0.615. The van der Waals surface area contributed by atoms with Crippen molar-refractivity contribution in [2.45, 2.75) is 38.5 Å². The molecule has 0 spiro atoms. The van der Waals surface area contributed by atoms with Crippen molar-refractivity contribution in [1.29, 1.82) is 0 Å². The summed E-state index contributed by atoms with van der Waals surface area (Å²) in [6, 6.07) is -1.18. The second-order valence-corrected chi connectivity index (χ2v) is 6.17. The molecule has 12 heteroatoms. The Kier molecular flexibility index (Phi) is 8.31. The molecule has 1 aliphatic rings. The molecule has 1 fully saturated rings. The monoisotopic (exact) mass is 376 g/mol. The Labute approximate surface area is 146 Å². The first-order valence-corrected chi connectivity index (χ1v) is 8.44. The van der Waals surface area contributed by atoms with E-state index in [-0.39, 0.29) is 18.2 Å². The quantitative estimate of drug-likeness (QED) is 0.751. The van der Waals surface area contributed by atoms with Gasteiger partial charge in [-0.15, -0.1) is 0 Å². The Balaban J connectivity index is 0.000000381. The molecule has 4 N–H and O–H groups in total. The molecule has 1 aromatic heterocycles. The normalized spacial score (nSPS) is 19.8. The second kappa shape index (κ2) is 9.96. The number of nitrogens with zero attached hydrogens (tertiary/aromatic N) is 4. The lowest BCUT2D eigenvalue weighted by atomic mass is 10.0. The minimum Gasteiger partial charge on any atom is -0.374 e. The van der Waals surface area contributed by atoms with Crippen LogP contribution in [0.1, 0.15) is 20.3 Å². The number of halogens is 1. The SMILES string of the molecule is CC(C)O[C@H]1C[C@H](N)CN(c2ncc(F)cn2)C1.NC(=O)N=S(=O)=O. The molecule has 0 aromatic carbocycles. The molecule has 10 nitrogen and oxygen atoms in total. The van der Waals surface area contributed by atoms with E-state index in [4.69, 9.17) is 10.5 Å². The van der Waals surface area contributed by atoms with Gasteiger partial charge in [0.1, 0.15) is 0 Å². The molecule has 25 heavy (non-hydrogen) atoms. The van der Waals surface area contributed by atoms with Crippen LogP contribution >= 0.6 is 0 Å². The lowest BCUT2D eigenvalue weighted by Gasteiger charge is -2.36. The molecule has 140 valence electrons. The van der Waals surface area contributed by atoms with E-state index in [1.54, 1.807) is 0 Å². The molecule has 2 heterocycles. The van der Waals surface area contributed by atoms with E-state index >= 15 is 0 Å². The minimum absolute atomic E-state index is 0.0242. The molecule has 0 radical (unpaired) electrons. The summed E-state index contributed by atoms with van der Waals surface area (Å²) >= 11 is 0. The Hall–Kier alpha value is -2.18. The standard InChI is InChI=1S/C12H19FN4O.CH2N2O3S/c1-8(2)18-11-3-10(14)6-17(7-11)12-15-4-9(13)5-16-12;2-1(4)3-7(5)6/h4-5,8,10-11H,3,6-7,14H2,1-2H3;(H2,2,4)/t10-,11-;/m0./s1. The van der Waals surface area contributed by atoms with Crippen LogP contribution in [0.3, 0.4) is 0 Å². The van der Waals surface area contributed by atoms with Gasteiger partial charge in [0.05, 0.1) is 24.6 Å². The van der Waals surface area contributed by atoms with Gasteiger partial charge in [-0.25, -0.2) is 19.2 Å². The Morgan fingerprint density at radius 1 is 1.40 bits per heavy atom. The third kappa shape index (κ3) is 8.47. The van der Waals surface area contributed by atoms with Gasteiger partial charge in [0.2, 0.25) is 5.95 Å². The van der Waals surface area contributed by atoms with Gasteiger partial charge in [0.15, 0.2) is 5.82 Å². The number of urea groups is 1. The Morgan fingerprint density at radius 2 is 2.00 bits per heavy atom. The van der Waals surface area contributed by atoms with Gasteiger partial charge in [-0.3, -0.25) is 0 Å². The van der Waals surface area contributed by atoms with E-state index in [0.29, 0.717) is 19.0 Å². The maximum Gasteiger partial charge on any atom is 0.353 e. The van der Waals surface area contributed by atoms with E-state index in [0.717, 1.165) is 6.42 Å². The number of carbonyl (C=O) groups excluding carboxylic acids is 1. The number of aromatic nitrogens is 2. The minimum atomic E-state index is -2.70. The van der Waals surface area contributed by atoms with Crippen LogP contribution in [0.5, 0.6) is 0 Å². The molecule has 1 aliphatic heterocycles. The fourth-order valence-corrected chi connectivity index (χ4v) is 2.43. The number of primary amides is 1. The van der Waals surface area contributed by atoms with Crippen LogP contribution in [0.25, 0.3) is 0 Å². The Morgan fingerprint density at radius 3 is 2.44 bits per heavy atom. The van der Waals surface area contributed by atoms with E-state index < -0.39 is 22.3 Å². The second-order valence-electron chi connectivity index (χ2n) is 5.56. The van der Waals surface area contributed by atoms with Crippen molar-refractivity contribution in [3.63, 3.8) is 0 Å². The van der Waals surface area contributed by atoms with Crippen molar-refractivity contribution in [3.8, 4) is 0 Å². The molecule has 0 bridgehead atoms. The van der Waals surface area contributed by atoms with Crippen LogP contribution in [0.15, 0.2) is 16.8 Å². The summed E-state index contributed by atoms with van der Waals surface area (Å²) in [5.74, 6) is 0.0685. The van der Waals surface area contributed by atoms with Gasteiger partial charge in [-0.1, -0.05) is 4.36 Å². The summed E-state index contributed by atoms with van der Waals surface area (Å²) in [5.41, 5.74) is 10.3. The number of hydrogen-bond donors (Lipinski definition) is 2. The molecule has 0 saturated carbocycles. The smallest absolute Gasteiger partial charge is 0.353 e. The predicted molar refractivity (Wildman–Crippen MR) is 87.7 cm³/mol. The molecular formula is C13H21FN6O4S. The average molecular weight is 376 g/mol. The van der Waals surface area contributed by atoms with Crippen molar-refractivity contribution >= 4 is 22.5 Å². The number of hydrogen-bond acceptors (Lipinski definition) is 8. The number of amides is 2. The Bertz CT molecular complexity index is 687. The number of ether oxygens (including phenoxy) is 1. The third-order valence-electron chi connectivity index (χ3n) is 2.96. The molecule has 2 rings (SSSR count). The van der Waals surface area contributed by atoms with Gasteiger partial charge >= 0.3 is 16.5 Å². The molecular weight excluding hydrogens is 355 g/mol. The zero-order valence-electron chi connectivity index (χ0n) is 13.9. The number of anilines is 1. The third-order valence-corrected chi connectivity index (χ3v) is 3.29. The molecule has 0 unspecified atom stereocenters. The van der Waals surface area contributed by atoms with Crippen LogP contribution in [0, 0.1) is 5.82 Å². The first-order chi connectivity index (χ1) is 11.7. The van der Waals surface area contributed by atoms with Gasteiger partial charge < -0.3 is 21.1 Å². The maximum absolute atomic E-state index is 12.8. The highest BCUT2D eigenvalue weighted by Crippen LogP contribution is 2.18. The number of carbonyl (C=O) groups is 1. The predicted octanol–water partition coefficient (Wildman–Crippen LogP) is 0.0745. The average Bonchev–Trinajstić information content (AvgIpc) is 2.45. The maximum atomic E-state index is 12.8. The summed E-state index contributed by atoms with van der Waals surface area (Å²) in [5, 5.41) is 0. The van der Waals surface area contributed by atoms with E-state index in [9.17, 15) is 17.6 Å². The fourth-order valence-electron chi connectivity index (χ4n) is 2.28. The van der Waals surface area contributed by atoms with Crippen LogP contribution in [-0.2, 0) is 15.2 Å². The molecule has 0 aliphatic carbocycles. The summed E-state index contributed by atoms with van der Waals surface area (Å²) < 4.78 is 39.6. The summed E-state index contributed by atoms with van der Waals surface area (Å²) in [7, 11) is -2.70. The summed E-state index contributed by atoms with van der Waals surface area (Å²) in [6.45, 7) is 5.36. The lowest BCUT2D eigenvalue weighted by molar-refractivity contribution is -0.00249. The van der Waals surface area contributed by atoms with Gasteiger partial charge in [-0.2, -0.15) is 8.42 Å². The largest absolute Gasteiger partial charge is 0.374 e. The van der Waals surface area contributed by atoms with Crippen LogP contribution in [0.4, 0.5) is 15.1 Å².